The first-order valence-corrected chi connectivity index (χ1v) is 5.87. The van der Waals surface area contributed by atoms with Gasteiger partial charge in [0.2, 0.25) is 0 Å². The smallest absolute Gasteiger partial charge is 0.295 e. The third-order valence-corrected chi connectivity index (χ3v) is 2.27. The summed E-state index contributed by atoms with van der Waals surface area (Å²) in [7, 11) is 0. The van der Waals surface area contributed by atoms with E-state index in [1.54, 1.807) is 0 Å². The molecule has 7 heteroatoms. The fourth-order valence-corrected chi connectivity index (χ4v) is 1.43. The molecule has 0 unspecified atom stereocenters. The maximum atomic E-state index is 13.5. The average Bonchev–Trinajstić information content (AvgIpc) is 2.33. The third kappa shape index (κ3) is 4.44. The Morgan fingerprint density at radius 2 is 2.11 bits per heavy atom. The Labute approximate surface area is 109 Å². The summed E-state index contributed by atoms with van der Waals surface area (Å²) in [6.07, 6.45) is 0. The molecule has 0 spiro atoms. The first-order chi connectivity index (χ1) is 8.93. The molecule has 0 fully saturated rings. The van der Waals surface area contributed by atoms with E-state index in [9.17, 15) is 18.9 Å². The number of nitrogens with zero attached hydrogens (tertiary/aromatic N) is 1. The molecule has 0 amide bonds. The number of benzene rings is 1. The molecule has 0 atom stereocenters. The zero-order valence-corrected chi connectivity index (χ0v) is 10.8. The van der Waals surface area contributed by atoms with E-state index in [1.807, 2.05) is 13.8 Å². The van der Waals surface area contributed by atoms with Crippen LogP contribution in [0.4, 0.5) is 20.2 Å². The lowest BCUT2D eigenvalue weighted by molar-refractivity contribution is -0.384. The molecule has 0 aliphatic heterocycles. The summed E-state index contributed by atoms with van der Waals surface area (Å²) in [5, 5.41) is 13.2. The van der Waals surface area contributed by atoms with E-state index in [0.717, 1.165) is 12.1 Å². The fraction of sp³-hybridized carbons (Fsp3) is 0.500. The highest BCUT2D eigenvalue weighted by Crippen LogP contribution is 2.28. The van der Waals surface area contributed by atoms with Gasteiger partial charge in [0.05, 0.1) is 11.5 Å². The first kappa shape index (κ1) is 15.3. The number of anilines is 1. The second-order valence-electron chi connectivity index (χ2n) is 4.41. The summed E-state index contributed by atoms with van der Waals surface area (Å²) in [6, 6.07) is 1.66. The number of nitro groups is 1. The van der Waals surface area contributed by atoms with E-state index in [4.69, 9.17) is 4.74 Å². The minimum absolute atomic E-state index is 0.161. The predicted octanol–water partition coefficient (Wildman–Crippen LogP) is 2.96. The van der Waals surface area contributed by atoms with Gasteiger partial charge in [-0.3, -0.25) is 10.1 Å². The van der Waals surface area contributed by atoms with Gasteiger partial charge in [-0.1, -0.05) is 13.8 Å². The fourth-order valence-electron chi connectivity index (χ4n) is 1.43. The van der Waals surface area contributed by atoms with Gasteiger partial charge in [0, 0.05) is 19.2 Å². The van der Waals surface area contributed by atoms with Gasteiger partial charge in [-0.2, -0.15) is 0 Å². The van der Waals surface area contributed by atoms with E-state index in [2.05, 4.69) is 5.32 Å². The summed E-state index contributed by atoms with van der Waals surface area (Å²) in [6.45, 7) is 4.91. The maximum absolute atomic E-state index is 13.5. The molecule has 19 heavy (non-hydrogen) atoms. The molecule has 1 N–H and O–H groups in total. The lowest BCUT2D eigenvalue weighted by atomic mass is 10.2. The summed E-state index contributed by atoms with van der Waals surface area (Å²) in [5.74, 6) is -2.02. The van der Waals surface area contributed by atoms with Crippen molar-refractivity contribution in [3.8, 4) is 0 Å². The van der Waals surface area contributed by atoms with E-state index < -0.39 is 27.9 Å². The number of nitrogens with one attached hydrogen (secondary N) is 1. The second kappa shape index (κ2) is 6.98. The highest BCUT2D eigenvalue weighted by atomic mass is 19.2. The van der Waals surface area contributed by atoms with Gasteiger partial charge < -0.3 is 10.1 Å². The Balaban J connectivity index is 2.66. The Morgan fingerprint density at radius 1 is 1.42 bits per heavy atom. The number of nitro benzene ring substituents is 1. The van der Waals surface area contributed by atoms with Gasteiger partial charge in [0.15, 0.2) is 17.3 Å². The lowest BCUT2D eigenvalue weighted by Gasteiger charge is -2.10. The van der Waals surface area contributed by atoms with Crippen LogP contribution in [0.15, 0.2) is 12.1 Å². The van der Waals surface area contributed by atoms with E-state index in [0.29, 0.717) is 12.5 Å². The van der Waals surface area contributed by atoms with Crippen LogP contribution in [-0.4, -0.2) is 24.7 Å². The van der Waals surface area contributed by atoms with Crippen molar-refractivity contribution in [1.82, 2.24) is 0 Å². The molecule has 0 aliphatic carbocycles. The SMILES string of the molecule is CC(C)COCCNc1c([N+](=O)[O-])ccc(F)c1F. The first-order valence-electron chi connectivity index (χ1n) is 5.87. The van der Waals surface area contributed by atoms with Crippen LogP contribution in [-0.2, 0) is 4.74 Å². The van der Waals surface area contributed by atoms with Gasteiger partial charge in [-0.05, 0) is 12.0 Å². The van der Waals surface area contributed by atoms with Crippen molar-refractivity contribution in [2.24, 2.45) is 5.92 Å². The highest BCUT2D eigenvalue weighted by molar-refractivity contribution is 5.62. The zero-order chi connectivity index (χ0) is 14.4. The molecule has 1 aromatic carbocycles. The van der Waals surface area contributed by atoms with Crippen molar-refractivity contribution in [2.45, 2.75) is 13.8 Å². The van der Waals surface area contributed by atoms with Crippen LogP contribution in [0.5, 0.6) is 0 Å². The standard InChI is InChI=1S/C12H16F2N2O3/c1-8(2)7-19-6-5-15-12-10(16(17)18)4-3-9(13)11(12)14/h3-4,8,15H,5-7H2,1-2H3. The van der Waals surface area contributed by atoms with Crippen LogP contribution >= 0.6 is 0 Å². The lowest BCUT2D eigenvalue weighted by Crippen LogP contribution is -2.14. The normalized spacial score (nSPS) is 10.8. The van der Waals surface area contributed by atoms with Crippen molar-refractivity contribution in [2.75, 3.05) is 25.1 Å². The molecule has 5 nitrogen and oxygen atoms in total. The Kier molecular flexibility index (Phi) is 5.62. The predicted molar refractivity (Wildman–Crippen MR) is 67.2 cm³/mol. The van der Waals surface area contributed by atoms with Gasteiger partial charge in [0.25, 0.3) is 5.69 Å². The maximum Gasteiger partial charge on any atom is 0.295 e. The summed E-state index contributed by atoms with van der Waals surface area (Å²) in [4.78, 5) is 9.94. The molecule has 1 aromatic rings. The topological polar surface area (TPSA) is 64.4 Å². The molecule has 0 heterocycles. The Bertz CT molecular complexity index is 453. The van der Waals surface area contributed by atoms with Crippen LogP contribution in [0.25, 0.3) is 0 Å². The highest BCUT2D eigenvalue weighted by Gasteiger charge is 2.20. The molecular formula is C12H16F2N2O3. The van der Waals surface area contributed by atoms with Crippen molar-refractivity contribution in [3.63, 3.8) is 0 Å². The Hall–Kier alpha value is -1.76. The van der Waals surface area contributed by atoms with E-state index >= 15 is 0 Å². The summed E-state index contributed by atoms with van der Waals surface area (Å²) in [5.41, 5.74) is -0.944. The minimum Gasteiger partial charge on any atom is -0.379 e. The molecule has 0 radical (unpaired) electrons. The third-order valence-electron chi connectivity index (χ3n) is 2.27. The van der Waals surface area contributed by atoms with Crippen LogP contribution in [0, 0.1) is 27.7 Å². The van der Waals surface area contributed by atoms with Crippen molar-refractivity contribution >= 4 is 11.4 Å². The summed E-state index contributed by atoms with van der Waals surface area (Å²) < 4.78 is 31.8. The monoisotopic (exact) mass is 274 g/mol. The van der Waals surface area contributed by atoms with Crippen LogP contribution in [0.3, 0.4) is 0 Å². The number of hydrogen-bond donors (Lipinski definition) is 1. The molecular weight excluding hydrogens is 258 g/mol. The average molecular weight is 274 g/mol. The molecule has 0 aliphatic rings. The summed E-state index contributed by atoms with van der Waals surface area (Å²) >= 11 is 0. The zero-order valence-electron chi connectivity index (χ0n) is 10.8. The van der Waals surface area contributed by atoms with Crippen molar-refractivity contribution < 1.29 is 18.4 Å². The quantitative estimate of drug-likeness (QED) is 0.471. The molecule has 1 rings (SSSR count). The molecule has 0 saturated heterocycles. The van der Waals surface area contributed by atoms with Crippen LogP contribution < -0.4 is 5.32 Å². The molecule has 0 saturated carbocycles. The Morgan fingerprint density at radius 3 is 2.68 bits per heavy atom. The van der Waals surface area contributed by atoms with Gasteiger partial charge in [0.1, 0.15) is 0 Å². The number of halogens is 2. The van der Waals surface area contributed by atoms with E-state index in [-0.39, 0.29) is 13.2 Å². The number of ether oxygens (including phenoxy) is 1. The van der Waals surface area contributed by atoms with Crippen molar-refractivity contribution in [3.05, 3.63) is 33.9 Å². The van der Waals surface area contributed by atoms with Crippen LogP contribution in [0.2, 0.25) is 0 Å². The van der Waals surface area contributed by atoms with Crippen LogP contribution in [0.1, 0.15) is 13.8 Å². The van der Waals surface area contributed by atoms with E-state index in [1.165, 1.54) is 0 Å². The van der Waals surface area contributed by atoms with Gasteiger partial charge in [-0.25, -0.2) is 8.78 Å². The number of rotatable bonds is 7. The van der Waals surface area contributed by atoms with Gasteiger partial charge >= 0.3 is 0 Å². The molecule has 0 aromatic heterocycles. The number of hydrogen-bond acceptors (Lipinski definition) is 4. The van der Waals surface area contributed by atoms with Crippen molar-refractivity contribution in [1.29, 1.82) is 0 Å². The molecule has 0 bridgehead atoms. The van der Waals surface area contributed by atoms with Gasteiger partial charge in [-0.15, -0.1) is 0 Å². The second-order valence-corrected chi connectivity index (χ2v) is 4.41. The molecule has 106 valence electrons. The minimum atomic E-state index is -1.25. The largest absolute Gasteiger partial charge is 0.379 e.